The van der Waals surface area contributed by atoms with Gasteiger partial charge in [0, 0.05) is 25.2 Å². The van der Waals surface area contributed by atoms with Gasteiger partial charge in [0.25, 0.3) is 5.91 Å². The Kier molecular flexibility index (Phi) is 4.96. The first-order valence-electron chi connectivity index (χ1n) is 7.27. The second-order valence-electron chi connectivity index (χ2n) is 6.08. The molecule has 1 saturated heterocycles. The molecule has 5 heteroatoms. The summed E-state index contributed by atoms with van der Waals surface area (Å²) in [6.07, 6.45) is 0. The van der Waals surface area contributed by atoms with Crippen molar-refractivity contribution in [3.63, 3.8) is 0 Å². The summed E-state index contributed by atoms with van der Waals surface area (Å²) in [6, 6.07) is 4.65. The van der Waals surface area contributed by atoms with E-state index in [1.165, 1.54) is 12.1 Å². The first-order valence-corrected chi connectivity index (χ1v) is 7.27. The van der Waals surface area contributed by atoms with E-state index in [-0.39, 0.29) is 17.0 Å². The Hall–Kier alpha value is -1.46. The lowest BCUT2D eigenvalue weighted by atomic mass is 10.0. The van der Waals surface area contributed by atoms with E-state index < -0.39 is 5.82 Å². The first-order chi connectivity index (χ1) is 9.90. The zero-order valence-corrected chi connectivity index (χ0v) is 12.9. The molecule has 0 bridgehead atoms. The third-order valence-electron chi connectivity index (χ3n) is 3.92. The van der Waals surface area contributed by atoms with Crippen LogP contribution < -0.4 is 5.32 Å². The number of benzene rings is 1. The van der Waals surface area contributed by atoms with E-state index in [9.17, 15) is 9.18 Å². The Labute approximate surface area is 125 Å². The molecular weight excluding hydrogens is 271 g/mol. The largest absolute Gasteiger partial charge is 0.379 e. The molecule has 0 radical (unpaired) electrons. The molecular formula is C16H23FN2O2. The van der Waals surface area contributed by atoms with E-state index in [4.69, 9.17) is 4.74 Å². The predicted octanol–water partition coefficient (Wildman–Crippen LogP) is 1.97. The number of hydrogen-bond donors (Lipinski definition) is 1. The van der Waals surface area contributed by atoms with Crippen LogP contribution in [0.15, 0.2) is 18.2 Å². The highest BCUT2D eigenvalue weighted by atomic mass is 19.1. The standard InChI is InChI=1S/C16H23FN2O2/c1-12-4-5-13(14(17)10-12)15(20)18-11-16(2,3)19-6-8-21-9-7-19/h4-5,10H,6-9,11H2,1-3H3,(H,18,20). The molecule has 0 saturated carbocycles. The number of nitrogens with zero attached hydrogens (tertiary/aromatic N) is 1. The van der Waals surface area contributed by atoms with Crippen LogP contribution in [0.5, 0.6) is 0 Å². The first kappa shape index (κ1) is 15.9. The molecule has 21 heavy (non-hydrogen) atoms. The number of rotatable bonds is 4. The molecule has 1 amide bonds. The van der Waals surface area contributed by atoms with Crippen LogP contribution in [-0.2, 0) is 4.74 Å². The summed E-state index contributed by atoms with van der Waals surface area (Å²) in [6.45, 7) is 9.54. The third kappa shape index (κ3) is 4.02. The monoisotopic (exact) mass is 294 g/mol. The number of aryl methyl sites for hydroxylation is 1. The van der Waals surface area contributed by atoms with Crippen LogP contribution in [-0.4, -0.2) is 49.2 Å². The number of carbonyl (C=O) groups is 1. The van der Waals surface area contributed by atoms with Gasteiger partial charge in [0.1, 0.15) is 5.82 Å². The zero-order chi connectivity index (χ0) is 15.5. The second kappa shape index (κ2) is 6.54. The number of amides is 1. The van der Waals surface area contributed by atoms with Crippen molar-refractivity contribution in [2.24, 2.45) is 0 Å². The van der Waals surface area contributed by atoms with Crippen molar-refractivity contribution >= 4 is 5.91 Å². The number of morpholine rings is 1. The van der Waals surface area contributed by atoms with Crippen LogP contribution in [0.2, 0.25) is 0 Å². The molecule has 1 aliphatic rings. The maximum atomic E-state index is 13.8. The predicted molar refractivity (Wildman–Crippen MR) is 79.9 cm³/mol. The number of halogens is 1. The number of carbonyl (C=O) groups excluding carboxylic acids is 1. The van der Waals surface area contributed by atoms with Crippen molar-refractivity contribution in [1.82, 2.24) is 10.2 Å². The van der Waals surface area contributed by atoms with Crippen molar-refractivity contribution in [3.8, 4) is 0 Å². The van der Waals surface area contributed by atoms with Gasteiger partial charge in [0.2, 0.25) is 0 Å². The summed E-state index contributed by atoms with van der Waals surface area (Å²) >= 11 is 0. The molecule has 0 aromatic heterocycles. The third-order valence-corrected chi connectivity index (χ3v) is 3.92. The van der Waals surface area contributed by atoms with Crippen LogP contribution in [0, 0.1) is 12.7 Å². The molecule has 4 nitrogen and oxygen atoms in total. The summed E-state index contributed by atoms with van der Waals surface area (Å²) < 4.78 is 19.1. The van der Waals surface area contributed by atoms with Gasteiger partial charge in [-0.2, -0.15) is 0 Å². The molecule has 1 aromatic rings. The van der Waals surface area contributed by atoms with E-state index in [0.29, 0.717) is 19.8 Å². The molecule has 0 atom stereocenters. The van der Waals surface area contributed by atoms with Gasteiger partial charge in [0.15, 0.2) is 0 Å². The maximum absolute atomic E-state index is 13.8. The highest BCUT2D eigenvalue weighted by molar-refractivity contribution is 5.94. The van der Waals surface area contributed by atoms with Crippen LogP contribution in [0.25, 0.3) is 0 Å². The lowest BCUT2D eigenvalue weighted by Gasteiger charge is -2.40. The van der Waals surface area contributed by atoms with Crippen LogP contribution in [0.1, 0.15) is 29.8 Å². The Morgan fingerprint density at radius 3 is 2.67 bits per heavy atom. The minimum atomic E-state index is -0.475. The molecule has 1 fully saturated rings. The lowest BCUT2D eigenvalue weighted by molar-refractivity contribution is -0.00924. The van der Waals surface area contributed by atoms with Gasteiger partial charge in [-0.25, -0.2) is 4.39 Å². The fraction of sp³-hybridized carbons (Fsp3) is 0.562. The smallest absolute Gasteiger partial charge is 0.254 e. The molecule has 1 N–H and O–H groups in total. The van der Waals surface area contributed by atoms with Gasteiger partial charge < -0.3 is 10.1 Å². The molecule has 2 rings (SSSR count). The van der Waals surface area contributed by atoms with Gasteiger partial charge in [-0.3, -0.25) is 9.69 Å². The van der Waals surface area contributed by atoms with Crippen LogP contribution >= 0.6 is 0 Å². The SMILES string of the molecule is Cc1ccc(C(=O)NCC(C)(C)N2CCOCC2)c(F)c1. The number of nitrogens with one attached hydrogen (secondary N) is 1. The Bertz CT molecular complexity index is 511. The zero-order valence-electron chi connectivity index (χ0n) is 12.9. The quantitative estimate of drug-likeness (QED) is 0.923. The fourth-order valence-corrected chi connectivity index (χ4v) is 2.48. The Balaban J connectivity index is 1.96. The molecule has 116 valence electrons. The van der Waals surface area contributed by atoms with E-state index >= 15 is 0 Å². The molecule has 1 aromatic carbocycles. The van der Waals surface area contributed by atoms with Gasteiger partial charge in [-0.15, -0.1) is 0 Å². The van der Waals surface area contributed by atoms with E-state index in [2.05, 4.69) is 24.1 Å². The van der Waals surface area contributed by atoms with Gasteiger partial charge >= 0.3 is 0 Å². The average molecular weight is 294 g/mol. The molecule has 1 heterocycles. The van der Waals surface area contributed by atoms with Crippen molar-refractivity contribution in [2.45, 2.75) is 26.3 Å². The van der Waals surface area contributed by atoms with E-state index in [1.807, 2.05) is 0 Å². The minimum absolute atomic E-state index is 0.0957. The average Bonchev–Trinajstić information content (AvgIpc) is 2.46. The second-order valence-corrected chi connectivity index (χ2v) is 6.08. The molecule has 0 aliphatic carbocycles. The molecule has 0 unspecified atom stereocenters. The maximum Gasteiger partial charge on any atom is 0.254 e. The highest BCUT2D eigenvalue weighted by Crippen LogP contribution is 2.16. The van der Waals surface area contributed by atoms with Crippen molar-refractivity contribution < 1.29 is 13.9 Å². The summed E-state index contributed by atoms with van der Waals surface area (Å²) in [5.74, 6) is -0.842. The van der Waals surface area contributed by atoms with Crippen molar-refractivity contribution in [3.05, 3.63) is 35.1 Å². The van der Waals surface area contributed by atoms with E-state index in [1.54, 1.807) is 13.0 Å². The molecule has 1 aliphatic heterocycles. The summed E-state index contributed by atoms with van der Waals surface area (Å²) in [5.41, 5.74) is 0.719. The fourth-order valence-electron chi connectivity index (χ4n) is 2.48. The van der Waals surface area contributed by atoms with Crippen molar-refractivity contribution in [1.29, 1.82) is 0 Å². The van der Waals surface area contributed by atoms with Gasteiger partial charge in [0.05, 0.1) is 18.8 Å². The van der Waals surface area contributed by atoms with Crippen LogP contribution in [0.3, 0.4) is 0 Å². The summed E-state index contributed by atoms with van der Waals surface area (Å²) in [4.78, 5) is 14.4. The Morgan fingerprint density at radius 2 is 2.05 bits per heavy atom. The summed E-state index contributed by atoms with van der Waals surface area (Å²) in [7, 11) is 0. The number of ether oxygens (including phenoxy) is 1. The normalized spacial score (nSPS) is 16.8. The van der Waals surface area contributed by atoms with E-state index in [0.717, 1.165) is 18.7 Å². The van der Waals surface area contributed by atoms with Crippen LogP contribution in [0.4, 0.5) is 4.39 Å². The lowest BCUT2D eigenvalue weighted by Crippen LogP contribution is -2.55. The summed E-state index contributed by atoms with van der Waals surface area (Å²) in [5, 5.41) is 2.84. The highest BCUT2D eigenvalue weighted by Gasteiger charge is 2.28. The van der Waals surface area contributed by atoms with Crippen molar-refractivity contribution in [2.75, 3.05) is 32.8 Å². The minimum Gasteiger partial charge on any atom is -0.379 e. The van der Waals surface area contributed by atoms with Gasteiger partial charge in [-0.05, 0) is 38.5 Å². The number of hydrogen-bond acceptors (Lipinski definition) is 3. The molecule has 0 spiro atoms. The van der Waals surface area contributed by atoms with Gasteiger partial charge in [-0.1, -0.05) is 6.07 Å². The topological polar surface area (TPSA) is 41.6 Å². The Morgan fingerprint density at radius 1 is 1.38 bits per heavy atom.